The van der Waals surface area contributed by atoms with Crippen molar-refractivity contribution in [3.63, 3.8) is 0 Å². The molecule has 1 aliphatic heterocycles. The summed E-state index contributed by atoms with van der Waals surface area (Å²) in [6.45, 7) is 2.70. The van der Waals surface area contributed by atoms with Crippen molar-refractivity contribution in [3.8, 4) is 5.75 Å². The van der Waals surface area contributed by atoms with Crippen molar-refractivity contribution >= 4 is 27.3 Å². The highest BCUT2D eigenvalue weighted by Gasteiger charge is 2.25. The standard InChI is InChI=1S/C21H25N3O6S/c1-15-18(8-7-9-19(15)24(26)27)22-31(28,29)16-10-11-20(30-2)17(14-16)21(25)23-12-5-3-4-6-13-23/h7-11,14,22H,3-6,12-13H2,1-2H3. The van der Waals surface area contributed by atoms with E-state index in [1.165, 1.54) is 50.4 Å². The first-order chi connectivity index (χ1) is 14.7. The monoisotopic (exact) mass is 447 g/mol. The highest BCUT2D eigenvalue weighted by atomic mass is 32.2. The van der Waals surface area contributed by atoms with Crippen LogP contribution in [0.1, 0.15) is 41.6 Å². The molecule has 0 aromatic heterocycles. The molecule has 1 N–H and O–H groups in total. The van der Waals surface area contributed by atoms with E-state index in [4.69, 9.17) is 4.74 Å². The number of nitrogens with one attached hydrogen (secondary N) is 1. The molecule has 2 aromatic carbocycles. The Hall–Kier alpha value is -3.14. The molecular weight excluding hydrogens is 422 g/mol. The van der Waals surface area contributed by atoms with Crippen LogP contribution in [0.2, 0.25) is 0 Å². The summed E-state index contributed by atoms with van der Waals surface area (Å²) < 4.78 is 33.7. The number of benzene rings is 2. The molecule has 0 unspecified atom stereocenters. The van der Waals surface area contributed by atoms with Crippen LogP contribution in [-0.4, -0.2) is 44.3 Å². The van der Waals surface area contributed by atoms with Crippen LogP contribution in [-0.2, 0) is 10.0 Å². The minimum Gasteiger partial charge on any atom is -0.496 e. The van der Waals surface area contributed by atoms with Crippen molar-refractivity contribution in [2.45, 2.75) is 37.5 Å². The van der Waals surface area contributed by atoms with Crippen LogP contribution < -0.4 is 9.46 Å². The third-order valence-electron chi connectivity index (χ3n) is 5.35. The summed E-state index contributed by atoms with van der Waals surface area (Å²) in [5.74, 6) is 0.0158. The number of hydrogen-bond donors (Lipinski definition) is 1. The molecule has 2 aromatic rings. The molecule has 1 heterocycles. The highest BCUT2D eigenvalue weighted by Crippen LogP contribution is 2.29. The van der Waals surface area contributed by atoms with Crippen molar-refractivity contribution in [2.75, 3.05) is 24.9 Å². The molecule has 0 radical (unpaired) electrons. The molecule has 9 nitrogen and oxygen atoms in total. The van der Waals surface area contributed by atoms with Gasteiger partial charge >= 0.3 is 0 Å². The molecule has 0 aliphatic carbocycles. The quantitative estimate of drug-likeness (QED) is 0.532. The van der Waals surface area contributed by atoms with Crippen molar-refractivity contribution < 1.29 is 22.9 Å². The number of hydrogen-bond acceptors (Lipinski definition) is 6. The van der Waals surface area contributed by atoms with Gasteiger partial charge in [-0.2, -0.15) is 0 Å². The Morgan fingerprint density at radius 3 is 2.42 bits per heavy atom. The normalized spacial score (nSPS) is 14.6. The van der Waals surface area contributed by atoms with Gasteiger partial charge in [-0.1, -0.05) is 18.9 Å². The predicted molar refractivity (Wildman–Crippen MR) is 116 cm³/mol. The number of carbonyl (C=O) groups excluding carboxylic acids is 1. The zero-order valence-corrected chi connectivity index (χ0v) is 18.3. The molecule has 0 atom stereocenters. The second-order valence-electron chi connectivity index (χ2n) is 7.38. The van der Waals surface area contributed by atoms with Gasteiger partial charge in [0.2, 0.25) is 0 Å². The summed E-state index contributed by atoms with van der Waals surface area (Å²) in [6, 6.07) is 8.24. The summed E-state index contributed by atoms with van der Waals surface area (Å²) in [6.07, 6.45) is 3.92. The summed E-state index contributed by atoms with van der Waals surface area (Å²) in [5.41, 5.74) is 0.283. The number of carbonyl (C=O) groups is 1. The van der Waals surface area contributed by atoms with Gasteiger partial charge in [0.15, 0.2) is 0 Å². The van der Waals surface area contributed by atoms with Crippen LogP contribution in [0.5, 0.6) is 5.75 Å². The van der Waals surface area contributed by atoms with E-state index in [1.807, 2.05) is 0 Å². The fourth-order valence-corrected chi connectivity index (χ4v) is 4.75. The lowest BCUT2D eigenvalue weighted by Crippen LogP contribution is -2.32. The predicted octanol–water partition coefficient (Wildman–Crippen LogP) is 3.73. The molecule has 1 fully saturated rings. The maximum atomic E-state index is 13.1. The number of amides is 1. The maximum Gasteiger partial charge on any atom is 0.274 e. The number of likely N-dealkylation sites (tertiary alicyclic amines) is 1. The van der Waals surface area contributed by atoms with Crippen molar-refractivity contribution in [1.29, 1.82) is 0 Å². The minimum atomic E-state index is -4.10. The van der Waals surface area contributed by atoms with Gasteiger partial charge in [-0.25, -0.2) is 8.42 Å². The van der Waals surface area contributed by atoms with E-state index in [0.29, 0.717) is 18.8 Å². The molecule has 1 saturated heterocycles. The van der Waals surface area contributed by atoms with Gasteiger partial charge in [0.05, 0.1) is 33.7 Å². The van der Waals surface area contributed by atoms with Crippen LogP contribution in [0.15, 0.2) is 41.3 Å². The van der Waals surface area contributed by atoms with Crippen molar-refractivity contribution in [1.82, 2.24) is 4.90 Å². The number of methoxy groups -OCH3 is 1. The van der Waals surface area contributed by atoms with Crippen molar-refractivity contribution in [3.05, 3.63) is 57.6 Å². The van der Waals surface area contributed by atoms with E-state index in [0.717, 1.165) is 25.7 Å². The Labute approximate surface area is 181 Å². The second-order valence-corrected chi connectivity index (χ2v) is 9.06. The SMILES string of the molecule is COc1ccc(S(=O)(=O)Nc2cccc([N+](=O)[O-])c2C)cc1C(=O)N1CCCCCC1. The molecule has 1 amide bonds. The number of anilines is 1. The Bertz CT molecular complexity index is 1090. The zero-order chi connectivity index (χ0) is 22.6. The van der Waals surface area contributed by atoms with Gasteiger partial charge in [0.25, 0.3) is 21.6 Å². The average molecular weight is 448 g/mol. The largest absolute Gasteiger partial charge is 0.496 e. The fourth-order valence-electron chi connectivity index (χ4n) is 3.60. The number of nitro benzene ring substituents is 1. The summed E-state index contributed by atoms with van der Waals surface area (Å²) in [7, 11) is -2.67. The lowest BCUT2D eigenvalue weighted by Gasteiger charge is -2.22. The Kier molecular flexibility index (Phi) is 6.79. The number of ether oxygens (including phenoxy) is 1. The van der Waals surface area contributed by atoms with E-state index in [1.54, 1.807) is 4.90 Å². The molecule has 0 bridgehead atoms. The fraction of sp³-hybridized carbons (Fsp3) is 0.381. The molecule has 166 valence electrons. The van der Waals surface area contributed by atoms with Crippen LogP contribution in [0.3, 0.4) is 0 Å². The third-order valence-corrected chi connectivity index (χ3v) is 6.71. The third kappa shape index (κ3) is 4.96. The van der Waals surface area contributed by atoms with Gasteiger partial charge < -0.3 is 9.64 Å². The van der Waals surface area contributed by atoms with E-state index >= 15 is 0 Å². The van der Waals surface area contributed by atoms with Crippen LogP contribution in [0.25, 0.3) is 0 Å². The number of sulfonamides is 1. The zero-order valence-electron chi connectivity index (χ0n) is 17.5. The lowest BCUT2D eigenvalue weighted by molar-refractivity contribution is -0.385. The van der Waals surface area contributed by atoms with Crippen LogP contribution in [0.4, 0.5) is 11.4 Å². The Morgan fingerprint density at radius 1 is 1.13 bits per heavy atom. The first kappa shape index (κ1) is 22.5. The first-order valence-electron chi connectivity index (χ1n) is 9.98. The van der Waals surface area contributed by atoms with E-state index in [-0.39, 0.29) is 33.3 Å². The van der Waals surface area contributed by atoms with E-state index in [2.05, 4.69) is 4.72 Å². The van der Waals surface area contributed by atoms with Crippen LogP contribution in [0, 0.1) is 17.0 Å². The Morgan fingerprint density at radius 2 is 1.81 bits per heavy atom. The van der Waals surface area contributed by atoms with Gasteiger partial charge in [-0.15, -0.1) is 0 Å². The molecular formula is C21H25N3O6S. The average Bonchev–Trinajstić information content (AvgIpc) is 3.03. The van der Waals surface area contributed by atoms with Crippen LogP contribution >= 0.6 is 0 Å². The van der Waals surface area contributed by atoms with Gasteiger partial charge in [-0.3, -0.25) is 19.6 Å². The highest BCUT2D eigenvalue weighted by molar-refractivity contribution is 7.92. The molecule has 1 aliphatic rings. The molecule has 0 saturated carbocycles. The summed E-state index contributed by atoms with van der Waals surface area (Å²) in [5, 5.41) is 11.1. The number of nitro groups is 1. The van der Waals surface area contributed by atoms with E-state index in [9.17, 15) is 23.3 Å². The first-order valence-corrected chi connectivity index (χ1v) is 11.5. The molecule has 0 spiro atoms. The Balaban J connectivity index is 1.95. The summed E-state index contributed by atoms with van der Waals surface area (Å²) >= 11 is 0. The van der Waals surface area contributed by atoms with Crippen molar-refractivity contribution in [2.24, 2.45) is 0 Å². The molecule has 3 rings (SSSR count). The smallest absolute Gasteiger partial charge is 0.274 e. The number of rotatable bonds is 6. The second kappa shape index (κ2) is 9.34. The number of nitrogens with zero attached hydrogens (tertiary/aromatic N) is 2. The summed E-state index contributed by atoms with van der Waals surface area (Å²) in [4.78, 5) is 25.3. The minimum absolute atomic E-state index is 0.102. The molecule has 10 heteroatoms. The van der Waals surface area contributed by atoms with Gasteiger partial charge in [0.1, 0.15) is 5.75 Å². The van der Waals surface area contributed by atoms with Gasteiger partial charge in [-0.05, 0) is 44.0 Å². The van der Waals surface area contributed by atoms with Gasteiger partial charge in [0, 0.05) is 19.2 Å². The maximum absolute atomic E-state index is 13.1. The lowest BCUT2D eigenvalue weighted by atomic mass is 10.1. The molecule has 31 heavy (non-hydrogen) atoms. The topological polar surface area (TPSA) is 119 Å². The van der Waals surface area contributed by atoms with E-state index < -0.39 is 14.9 Å².